The Hall–Kier alpha value is -3.59. The highest BCUT2D eigenvalue weighted by Crippen LogP contribution is 2.18. The van der Waals surface area contributed by atoms with E-state index in [4.69, 9.17) is 4.42 Å². The van der Waals surface area contributed by atoms with Crippen LogP contribution in [0.2, 0.25) is 0 Å². The average Bonchev–Trinajstić information content (AvgIpc) is 3.26. The van der Waals surface area contributed by atoms with Crippen LogP contribution >= 0.6 is 0 Å². The molecule has 6 heteroatoms. The van der Waals surface area contributed by atoms with Gasteiger partial charge in [-0.15, -0.1) is 0 Å². The molecule has 0 aliphatic carbocycles. The minimum Gasteiger partial charge on any atom is -0.445 e. The number of rotatable bonds is 2. The van der Waals surface area contributed by atoms with Crippen molar-refractivity contribution in [2.24, 2.45) is 7.05 Å². The first kappa shape index (κ1) is 15.9. The van der Waals surface area contributed by atoms with E-state index in [-0.39, 0.29) is 5.56 Å². The lowest BCUT2D eigenvalue weighted by atomic mass is 10.2. The van der Waals surface area contributed by atoms with Gasteiger partial charge in [0.25, 0.3) is 5.56 Å². The summed E-state index contributed by atoms with van der Waals surface area (Å²) in [6.45, 7) is 1.96. The molecule has 0 unspecified atom stereocenters. The van der Waals surface area contributed by atoms with Gasteiger partial charge >= 0.3 is 0 Å². The standard InChI is InChI=1S/C20H16N4O2/c1-3-17-21-19-18(20(25)24(17)16-7-5-4-6-8-16)14(13-26-19)9-10-15-11-12-23(2)22-15/h4-8,11-13H,3H2,1-2H3. The van der Waals surface area contributed by atoms with Crippen LogP contribution in [0.5, 0.6) is 0 Å². The molecule has 0 aliphatic rings. The molecule has 1 aromatic carbocycles. The van der Waals surface area contributed by atoms with E-state index >= 15 is 0 Å². The third-order valence-electron chi connectivity index (χ3n) is 4.05. The minimum atomic E-state index is -0.183. The molecule has 0 amide bonds. The van der Waals surface area contributed by atoms with Crippen LogP contribution in [-0.4, -0.2) is 19.3 Å². The number of hydrogen-bond acceptors (Lipinski definition) is 4. The van der Waals surface area contributed by atoms with Gasteiger partial charge < -0.3 is 4.42 Å². The molecule has 0 N–H and O–H groups in total. The summed E-state index contributed by atoms with van der Waals surface area (Å²) < 4.78 is 8.79. The van der Waals surface area contributed by atoms with Crippen LogP contribution in [0.1, 0.15) is 24.0 Å². The van der Waals surface area contributed by atoms with Gasteiger partial charge in [-0.05, 0) is 24.1 Å². The van der Waals surface area contributed by atoms with Gasteiger partial charge in [0.2, 0.25) is 5.71 Å². The lowest BCUT2D eigenvalue weighted by Crippen LogP contribution is -2.23. The predicted molar refractivity (Wildman–Crippen MR) is 98.2 cm³/mol. The van der Waals surface area contributed by atoms with Crippen molar-refractivity contribution in [3.05, 3.63) is 76.3 Å². The molecule has 0 aliphatic heterocycles. The quantitative estimate of drug-likeness (QED) is 0.525. The minimum absolute atomic E-state index is 0.183. The summed E-state index contributed by atoms with van der Waals surface area (Å²) in [4.78, 5) is 17.7. The van der Waals surface area contributed by atoms with Crippen molar-refractivity contribution in [3.8, 4) is 17.5 Å². The van der Waals surface area contributed by atoms with E-state index in [1.165, 1.54) is 6.26 Å². The normalized spacial score (nSPS) is 10.7. The van der Waals surface area contributed by atoms with E-state index in [0.29, 0.717) is 34.6 Å². The Kier molecular flexibility index (Phi) is 3.90. The highest BCUT2D eigenvalue weighted by Gasteiger charge is 2.16. The van der Waals surface area contributed by atoms with E-state index in [2.05, 4.69) is 21.9 Å². The number of hydrogen-bond donors (Lipinski definition) is 0. The maximum absolute atomic E-state index is 13.2. The summed E-state index contributed by atoms with van der Waals surface area (Å²) in [5, 5.41) is 4.60. The van der Waals surface area contributed by atoms with Crippen LogP contribution in [0.15, 0.2) is 58.1 Å². The molecule has 0 saturated heterocycles. The highest BCUT2D eigenvalue weighted by atomic mass is 16.3. The van der Waals surface area contributed by atoms with E-state index in [9.17, 15) is 4.79 Å². The van der Waals surface area contributed by atoms with Crippen LogP contribution < -0.4 is 5.56 Å². The fraction of sp³-hybridized carbons (Fsp3) is 0.150. The largest absolute Gasteiger partial charge is 0.445 e. The molecule has 0 atom stereocenters. The summed E-state index contributed by atoms with van der Waals surface area (Å²) in [5.74, 6) is 6.58. The molecule has 4 aromatic rings. The van der Waals surface area contributed by atoms with Gasteiger partial charge in [-0.2, -0.15) is 10.1 Å². The van der Waals surface area contributed by atoms with Gasteiger partial charge in [-0.25, -0.2) is 0 Å². The van der Waals surface area contributed by atoms with Crippen molar-refractivity contribution in [1.29, 1.82) is 0 Å². The van der Waals surface area contributed by atoms with E-state index in [0.717, 1.165) is 5.69 Å². The number of furan rings is 1. The zero-order valence-electron chi connectivity index (χ0n) is 14.4. The van der Waals surface area contributed by atoms with Crippen LogP contribution in [0.4, 0.5) is 0 Å². The molecular weight excluding hydrogens is 328 g/mol. The summed E-state index contributed by atoms with van der Waals surface area (Å²) in [5.41, 5.74) is 2.04. The van der Waals surface area contributed by atoms with E-state index in [1.807, 2.05) is 56.6 Å². The van der Waals surface area contributed by atoms with Crippen LogP contribution in [0.3, 0.4) is 0 Å². The zero-order valence-corrected chi connectivity index (χ0v) is 14.4. The van der Waals surface area contributed by atoms with E-state index in [1.54, 1.807) is 9.25 Å². The number of fused-ring (bicyclic) bond motifs is 1. The second-order valence-corrected chi connectivity index (χ2v) is 5.81. The first-order valence-corrected chi connectivity index (χ1v) is 8.27. The summed E-state index contributed by atoms with van der Waals surface area (Å²) in [6.07, 6.45) is 3.90. The molecule has 0 radical (unpaired) electrons. The maximum Gasteiger partial charge on any atom is 0.270 e. The predicted octanol–water partition coefficient (Wildman–Crippen LogP) is 2.67. The number of aromatic nitrogens is 4. The van der Waals surface area contributed by atoms with Crippen LogP contribution in [-0.2, 0) is 13.5 Å². The molecule has 3 aromatic heterocycles. The van der Waals surface area contributed by atoms with Gasteiger partial charge in [0.1, 0.15) is 23.2 Å². The topological polar surface area (TPSA) is 65.8 Å². The van der Waals surface area contributed by atoms with Gasteiger partial charge in [0, 0.05) is 19.7 Å². The van der Waals surface area contributed by atoms with Gasteiger partial charge in [0.15, 0.2) is 0 Å². The molecule has 0 bridgehead atoms. The first-order valence-electron chi connectivity index (χ1n) is 8.27. The third-order valence-corrected chi connectivity index (χ3v) is 4.05. The van der Waals surface area contributed by atoms with Crippen LogP contribution in [0, 0.1) is 11.8 Å². The third kappa shape index (κ3) is 2.70. The first-order chi connectivity index (χ1) is 12.7. The SMILES string of the molecule is CCc1nc2occ(C#Cc3ccn(C)n3)c2c(=O)n1-c1ccccc1. The Balaban J connectivity index is 1.93. The maximum atomic E-state index is 13.2. The van der Waals surface area contributed by atoms with Crippen molar-refractivity contribution in [2.75, 3.05) is 0 Å². The summed E-state index contributed by atoms with van der Waals surface area (Å²) in [6, 6.07) is 11.3. The van der Waals surface area contributed by atoms with Crippen molar-refractivity contribution in [2.45, 2.75) is 13.3 Å². The van der Waals surface area contributed by atoms with Crippen molar-refractivity contribution in [1.82, 2.24) is 19.3 Å². The Morgan fingerprint density at radius 2 is 1.96 bits per heavy atom. The lowest BCUT2D eigenvalue weighted by Gasteiger charge is -2.10. The van der Waals surface area contributed by atoms with Gasteiger partial charge in [0.05, 0.1) is 11.3 Å². The number of aryl methyl sites for hydroxylation is 2. The Bertz CT molecular complexity index is 1200. The summed E-state index contributed by atoms with van der Waals surface area (Å²) >= 11 is 0. The fourth-order valence-electron chi connectivity index (χ4n) is 2.82. The molecule has 4 rings (SSSR count). The zero-order chi connectivity index (χ0) is 18.1. The monoisotopic (exact) mass is 344 g/mol. The second kappa shape index (κ2) is 6.37. The number of para-hydroxylation sites is 1. The second-order valence-electron chi connectivity index (χ2n) is 5.81. The van der Waals surface area contributed by atoms with Crippen LogP contribution in [0.25, 0.3) is 16.8 Å². The molecule has 128 valence electrons. The molecule has 0 fully saturated rings. The molecule has 3 heterocycles. The smallest absolute Gasteiger partial charge is 0.270 e. The average molecular weight is 344 g/mol. The molecule has 0 saturated carbocycles. The number of nitrogens with zero attached hydrogens (tertiary/aromatic N) is 4. The fourth-order valence-corrected chi connectivity index (χ4v) is 2.82. The van der Waals surface area contributed by atoms with E-state index < -0.39 is 0 Å². The van der Waals surface area contributed by atoms with Gasteiger partial charge in [-0.3, -0.25) is 14.0 Å². The van der Waals surface area contributed by atoms with Gasteiger partial charge in [-0.1, -0.05) is 31.0 Å². The highest BCUT2D eigenvalue weighted by molar-refractivity contribution is 5.80. The van der Waals surface area contributed by atoms with Crippen molar-refractivity contribution < 1.29 is 4.42 Å². The number of benzene rings is 1. The summed E-state index contributed by atoms with van der Waals surface area (Å²) in [7, 11) is 1.83. The molecule has 26 heavy (non-hydrogen) atoms. The Labute approximate surface area is 149 Å². The molecule has 6 nitrogen and oxygen atoms in total. The Morgan fingerprint density at radius 1 is 1.15 bits per heavy atom. The van der Waals surface area contributed by atoms with Crippen molar-refractivity contribution >= 4 is 11.1 Å². The Morgan fingerprint density at radius 3 is 2.65 bits per heavy atom. The lowest BCUT2D eigenvalue weighted by molar-refractivity contribution is 0.596. The molecule has 0 spiro atoms. The van der Waals surface area contributed by atoms with Crippen molar-refractivity contribution in [3.63, 3.8) is 0 Å². The molecular formula is C20H16N4O2.